The molecule has 0 aliphatic carbocycles. The topological polar surface area (TPSA) is 58.1 Å². The molecule has 3 heterocycles. The van der Waals surface area contributed by atoms with Crippen molar-refractivity contribution in [3.8, 4) is 10.6 Å². The van der Waals surface area contributed by atoms with Gasteiger partial charge in [0.05, 0.1) is 11.7 Å². The maximum absolute atomic E-state index is 13.3. The van der Waals surface area contributed by atoms with E-state index in [4.69, 9.17) is 11.6 Å². The summed E-state index contributed by atoms with van der Waals surface area (Å²) in [5.74, 6) is 0.0219. The SMILES string of the molecule is Cc1nc(-c2cccc(Cl)c2)sc1C(=O)N1CCNCC1c1cccnc1.Cl.Cl. The predicted molar refractivity (Wildman–Crippen MR) is 123 cm³/mol. The molecule has 1 amide bonds. The van der Waals surface area contributed by atoms with Gasteiger partial charge < -0.3 is 10.2 Å². The number of pyridine rings is 1. The standard InChI is InChI=1S/C20H19ClN4OS.2ClH/c1-13-18(27-19(24-13)14-4-2-6-16(21)10-14)20(26)25-9-8-23-12-17(25)15-5-3-7-22-11-15;;/h2-7,10-11,17,23H,8-9,12H2,1H3;2*1H. The zero-order valence-electron chi connectivity index (χ0n) is 15.7. The van der Waals surface area contributed by atoms with Crippen LogP contribution in [0.1, 0.15) is 27.0 Å². The smallest absolute Gasteiger partial charge is 0.266 e. The third-order valence-corrected chi connectivity index (χ3v) is 6.07. The van der Waals surface area contributed by atoms with Crippen LogP contribution in [-0.4, -0.2) is 40.4 Å². The highest BCUT2D eigenvalue weighted by Gasteiger charge is 2.31. The zero-order valence-corrected chi connectivity index (χ0v) is 18.9. The Balaban J connectivity index is 0.00000150. The lowest BCUT2D eigenvalue weighted by Crippen LogP contribution is -2.48. The quantitative estimate of drug-likeness (QED) is 0.596. The van der Waals surface area contributed by atoms with Crippen molar-refractivity contribution in [1.29, 1.82) is 0 Å². The van der Waals surface area contributed by atoms with Crippen LogP contribution in [0.2, 0.25) is 5.02 Å². The molecule has 1 fully saturated rings. The number of carbonyl (C=O) groups excluding carboxylic acids is 1. The Bertz CT molecular complexity index is 967. The fraction of sp³-hybridized carbons (Fsp3) is 0.250. The maximum Gasteiger partial charge on any atom is 0.266 e. The van der Waals surface area contributed by atoms with Crippen molar-refractivity contribution < 1.29 is 4.79 Å². The van der Waals surface area contributed by atoms with Gasteiger partial charge in [-0.25, -0.2) is 4.98 Å². The molecule has 1 aliphatic heterocycles. The van der Waals surface area contributed by atoms with Gasteiger partial charge in [-0.05, 0) is 30.7 Å². The average Bonchev–Trinajstić information content (AvgIpc) is 3.10. The first-order valence-corrected chi connectivity index (χ1v) is 9.98. The molecule has 1 aliphatic rings. The van der Waals surface area contributed by atoms with Crippen LogP contribution >= 0.6 is 47.8 Å². The number of aryl methyl sites for hydroxylation is 1. The summed E-state index contributed by atoms with van der Waals surface area (Å²) in [5, 5.41) is 4.84. The van der Waals surface area contributed by atoms with Gasteiger partial charge in [-0.3, -0.25) is 9.78 Å². The molecule has 1 saturated heterocycles. The molecule has 1 N–H and O–H groups in total. The molecule has 0 saturated carbocycles. The summed E-state index contributed by atoms with van der Waals surface area (Å²) in [7, 11) is 0. The number of aromatic nitrogens is 2. The molecule has 0 bridgehead atoms. The largest absolute Gasteiger partial charge is 0.328 e. The van der Waals surface area contributed by atoms with Gasteiger partial charge in [0.15, 0.2) is 0 Å². The van der Waals surface area contributed by atoms with E-state index in [0.717, 1.165) is 34.9 Å². The number of nitrogens with one attached hydrogen (secondary N) is 1. The van der Waals surface area contributed by atoms with Gasteiger partial charge in [0, 0.05) is 42.6 Å². The molecule has 29 heavy (non-hydrogen) atoms. The number of amides is 1. The van der Waals surface area contributed by atoms with Crippen LogP contribution in [0.25, 0.3) is 10.6 Å². The molecule has 0 spiro atoms. The summed E-state index contributed by atoms with van der Waals surface area (Å²) >= 11 is 7.52. The summed E-state index contributed by atoms with van der Waals surface area (Å²) < 4.78 is 0. The first-order valence-electron chi connectivity index (χ1n) is 8.78. The Morgan fingerprint density at radius 2 is 2.10 bits per heavy atom. The zero-order chi connectivity index (χ0) is 18.8. The highest BCUT2D eigenvalue weighted by molar-refractivity contribution is 7.17. The first kappa shape index (κ1) is 23.6. The van der Waals surface area contributed by atoms with Crippen LogP contribution in [0, 0.1) is 6.92 Å². The number of halogens is 3. The summed E-state index contributed by atoms with van der Waals surface area (Å²) in [5.41, 5.74) is 2.72. The van der Waals surface area contributed by atoms with Crippen molar-refractivity contribution >= 4 is 53.7 Å². The molecule has 3 aromatic rings. The summed E-state index contributed by atoms with van der Waals surface area (Å²) in [6.45, 7) is 4.04. The van der Waals surface area contributed by atoms with Gasteiger partial charge in [0.25, 0.3) is 5.91 Å². The van der Waals surface area contributed by atoms with Gasteiger partial charge in [0.2, 0.25) is 0 Å². The lowest BCUT2D eigenvalue weighted by Gasteiger charge is -2.36. The summed E-state index contributed by atoms with van der Waals surface area (Å²) in [4.78, 5) is 24.8. The Morgan fingerprint density at radius 3 is 2.83 bits per heavy atom. The normalized spacial score (nSPS) is 15.9. The Morgan fingerprint density at radius 1 is 1.28 bits per heavy atom. The lowest BCUT2D eigenvalue weighted by molar-refractivity contribution is 0.0638. The highest BCUT2D eigenvalue weighted by Crippen LogP contribution is 2.32. The predicted octanol–water partition coefficient (Wildman–Crippen LogP) is 4.80. The van der Waals surface area contributed by atoms with Crippen LogP contribution in [0.3, 0.4) is 0 Å². The van der Waals surface area contributed by atoms with Gasteiger partial charge in [-0.15, -0.1) is 36.2 Å². The molecule has 4 rings (SSSR count). The monoisotopic (exact) mass is 470 g/mol. The van der Waals surface area contributed by atoms with E-state index < -0.39 is 0 Å². The number of piperazine rings is 1. The minimum atomic E-state index is -0.0314. The lowest BCUT2D eigenvalue weighted by atomic mass is 10.0. The van der Waals surface area contributed by atoms with Gasteiger partial charge in [-0.2, -0.15) is 0 Å². The third kappa shape index (κ3) is 5.08. The number of thiazole rings is 1. The number of nitrogens with zero attached hydrogens (tertiary/aromatic N) is 3. The molecule has 1 unspecified atom stereocenters. The van der Waals surface area contributed by atoms with Crippen molar-refractivity contribution in [2.75, 3.05) is 19.6 Å². The average molecular weight is 472 g/mol. The van der Waals surface area contributed by atoms with Crippen molar-refractivity contribution in [3.63, 3.8) is 0 Å². The van der Waals surface area contributed by atoms with Crippen LogP contribution in [0.4, 0.5) is 0 Å². The Labute approximate surface area is 191 Å². The minimum Gasteiger partial charge on any atom is -0.328 e. The Hall–Kier alpha value is -1.70. The molecular formula is C20H21Cl3N4OS. The van der Waals surface area contributed by atoms with E-state index in [2.05, 4.69) is 15.3 Å². The van der Waals surface area contributed by atoms with E-state index in [9.17, 15) is 4.79 Å². The summed E-state index contributed by atoms with van der Waals surface area (Å²) in [6, 6.07) is 11.4. The van der Waals surface area contributed by atoms with E-state index in [0.29, 0.717) is 16.4 Å². The van der Waals surface area contributed by atoms with E-state index in [1.54, 1.807) is 6.20 Å². The fourth-order valence-corrected chi connectivity index (χ4v) is 4.50. The van der Waals surface area contributed by atoms with Crippen LogP contribution in [-0.2, 0) is 0 Å². The van der Waals surface area contributed by atoms with Crippen molar-refractivity contribution in [2.45, 2.75) is 13.0 Å². The van der Waals surface area contributed by atoms with E-state index in [1.807, 2.05) is 54.4 Å². The van der Waals surface area contributed by atoms with Crippen molar-refractivity contribution in [3.05, 3.63) is 69.9 Å². The first-order chi connectivity index (χ1) is 13.1. The van der Waals surface area contributed by atoms with Crippen LogP contribution in [0.5, 0.6) is 0 Å². The number of hydrogen-bond donors (Lipinski definition) is 1. The maximum atomic E-state index is 13.3. The second-order valence-corrected chi connectivity index (χ2v) is 7.88. The second kappa shape index (κ2) is 10.4. The summed E-state index contributed by atoms with van der Waals surface area (Å²) in [6.07, 6.45) is 3.57. The van der Waals surface area contributed by atoms with Crippen LogP contribution < -0.4 is 5.32 Å². The van der Waals surface area contributed by atoms with E-state index >= 15 is 0 Å². The van der Waals surface area contributed by atoms with Gasteiger partial charge in [0.1, 0.15) is 9.88 Å². The van der Waals surface area contributed by atoms with Crippen molar-refractivity contribution in [2.24, 2.45) is 0 Å². The molecule has 2 aromatic heterocycles. The highest BCUT2D eigenvalue weighted by atomic mass is 35.5. The van der Waals surface area contributed by atoms with Crippen molar-refractivity contribution in [1.82, 2.24) is 20.2 Å². The number of hydrogen-bond acceptors (Lipinski definition) is 5. The second-order valence-electron chi connectivity index (χ2n) is 6.45. The number of rotatable bonds is 3. The molecule has 5 nitrogen and oxygen atoms in total. The fourth-order valence-electron chi connectivity index (χ4n) is 3.29. The number of carbonyl (C=O) groups is 1. The minimum absolute atomic E-state index is 0. The number of benzene rings is 1. The van der Waals surface area contributed by atoms with E-state index in [-0.39, 0.29) is 36.8 Å². The molecule has 9 heteroatoms. The van der Waals surface area contributed by atoms with E-state index in [1.165, 1.54) is 11.3 Å². The van der Waals surface area contributed by atoms with Gasteiger partial charge >= 0.3 is 0 Å². The molecular weight excluding hydrogens is 451 g/mol. The molecule has 154 valence electrons. The Kier molecular flexibility index (Phi) is 8.43. The third-order valence-electron chi connectivity index (χ3n) is 4.64. The van der Waals surface area contributed by atoms with Crippen LogP contribution in [0.15, 0.2) is 48.8 Å². The molecule has 1 atom stereocenters. The molecule has 0 radical (unpaired) electrons. The molecule has 1 aromatic carbocycles. The van der Waals surface area contributed by atoms with Gasteiger partial charge in [-0.1, -0.05) is 29.8 Å².